The van der Waals surface area contributed by atoms with Gasteiger partial charge < -0.3 is 14.8 Å². The number of methoxy groups -OCH3 is 2. The van der Waals surface area contributed by atoms with Gasteiger partial charge in [0.2, 0.25) is 5.91 Å². The SMILES string of the molecule is COc1ccc(CC(=O)NC2CCN(C3CC(c4ccc(OC)cc4)NN3)CC2)cc1. The molecule has 2 saturated heterocycles. The summed E-state index contributed by atoms with van der Waals surface area (Å²) in [6, 6.07) is 16.4. The van der Waals surface area contributed by atoms with Crippen molar-refractivity contribution in [2.45, 2.75) is 43.9 Å². The highest BCUT2D eigenvalue weighted by Crippen LogP contribution is 2.27. The van der Waals surface area contributed by atoms with Gasteiger partial charge in [-0.15, -0.1) is 0 Å². The molecular formula is C24H32N4O3. The smallest absolute Gasteiger partial charge is 0.224 e. The Kier molecular flexibility index (Phi) is 7.06. The summed E-state index contributed by atoms with van der Waals surface area (Å²) in [7, 11) is 3.33. The molecule has 31 heavy (non-hydrogen) atoms. The minimum atomic E-state index is 0.0869. The Hall–Kier alpha value is -2.61. The number of hydrogen-bond acceptors (Lipinski definition) is 6. The molecule has 2 atom stereocenters. The lowest BCUT2D eigenvalue weighted by atomic mass is 10.0. The average molecular weight is 425 g/mol. The fourth-order valence-electron chi connectivity index (χ4n) is 4.40. The molecule has 2 aliphatic heterocycles. The van der Waals surface area contributed by atoms with Crippen LogP contribution in [-0.2, 0) is 11.2 Å². The number of rotatable bonds is 7. The summed E-state index contributed by atoms with van der Waals surface area (Å²) in [6.07, 6.45) is 3.67. The van der Waals surface area contributed by atoms with E-state index >= 15 is 0 Å². The van der Waals surface area contributed by atoms with E-state index in [9.17, 15) is 4.79 Å². The Morgan fingerprint density at radius 1 is 0.968 bits per heavy atom. The molecule has 2 heterocycles. The molecule has 2 aromatic carbocycles. The minimum absolute atomic E-state index is 0.0869. The first kappa shape index (κ1) is 21.6. The lowest BCUT2D eigenvalue weighted by Gasteiger charge is -2.35. The summed E-state index contributed by atoms with van der Waals surface area (Å²) in [5.41, 5.74) is 9.14. The molecule has 3 N–H and O–H groups in total. The minimum Gasteiger partial charge on any atom is -0.497 e. The average Bonchev–Trinajstić information content (AvgIpc) is 3.30. The van der Waals surface area contributed by atoms with Gasteiger partial charge >= 0.3 is 0 Å². The fraction of sp³-hybridized carbons (Fsp3) is 0.458. The molecule has 2 fully saturated rings. The summed E-state index contributed by atoms with van der Waals surface area (Å²) in [4.78, 5) is 14.9. The van der Waals surface area contributed by atoms with Crippen LogP contribution in [0.3, 0.4) is 0 Å². The third kappa shape index (κ3) is 5.55. The highest BCUT2D eigenvalue weighted by molar-refractivity contribution is 5.78. The van der Waals surface area contributed by atoms with Crippen molar-refractivity contribution >= 4 is 5.91 Å². The van der Waals surface area contributed by atoms with Crippen LogP contribution in [0.5, 0.6) is 11.5 Å². The monoisotopic (exact) mass is 424 g/mol. The largest absolute Gasteiger partial charge is 0.497 e. The van der Waals surface area contributed by atoms with Gasteiger partial charge in [0.1, 0.15) is 11.5 Å². The van der Waals surface area contributed by atoms with E-state index in [0.29, 0.717) is 12.6 Å². The van der Waals surface area contributed by atoms with Crippen molar-refractivity contribution in [2.24, 2.45) is 0 Å². The zero-order chi connectivity index (χ0) is 21.6. The maximum atomic E-state index is 12.4. The van der Waals surface area contributed by atoms with E-state index < -0.39 is 0 Å². The van der Waals surface area contributed by atoms with Gasteiger partial charge in [0.15, 0.2) is 0 Å². The van der Waals surface area contributed by atoms with E-state index in [1.165, 1.54) is 5.56 Å². The van der Waals surface area contributed by atoms with E-state index in [0.717, 1.165) is 49.4 Å². The molecule has 0 bridgehead atoms. The molecule has 166 valence electrons. The Bertz CT molecular complexity index is 848. The molecule has 0 aromatic heterocycles. The van der Waals surface area contributed by atoms with Crippen molar-refractivity contribution in [3.05, 3.63) is 59.7 Å². The maximum absolute atomic E-state index is 12.4. The molecule has 0 aliphatic carbocycles. The van der Waals surface area contributed by atoms with Crippen molar-refractivity contribution in [3.63, 3.8) is 0 Å². The number of ether oxygens (including phenoxy) is 2. The molecule has 1 amide bonds. The normalized spacial score (nSPS) is 22.3. The predicted octanol–water partition coefficient (Wildman–Crippen LogP) is 2.39. The summed E-state index contributed by atoms with van der Waals surface area (Å²) >= 11 is 0. The second-order valence-electron chi connectivity index (χ2n) is 8.27. The number of piperidine rings is 1. The Labute approximate surface area is 184 Å². The van der Waals surface area contributed by atoms with Crippen molar-refractivity contribution in [2.75, 3.05) is 27.3 Å². The van der Waals surface area contributed by atoms with Crippen LogP contribution in [0.1, 0.15) is 36.4 Å². The third-order valence-electron chi connectivity index (χ3n) is 6.26. The lowest BCUT2D eigenvalue weighted by molar-refractivity contribution is -0.121. The zero-order valence-electron chi connectivity index (χ0n) is 18.3. The van der Waals surface area contributed by atoms with Crippen molar-refractivity contribution in [1.82, 2.24) is 21.1 Å². The number of benzene rings is 2. The molecule has 7 nitrogen and oxygen atoms in total. The van der Waals surface area contributed by atoms with Gasteiger partial charge in [0.25, 0.3) is 0 Å². The molecule has 7 heteroatoms. The first-order valence-corrected chi connectivity index (χ1v) is 11.0. The first-order valence-electron chi connectivity index (χ1n) is 11.0. The van der Waals surface area contributed by atoms with Crippen LogP contribution in [-0.4, -0.2) is 50.3 Å². The molecule has 0 spiro atoms. The van der Waals surface area contributed by atoms with Crippen LogP contribution < -0.4 is 25.6 Å². The lowest BCUT2D eigenvalue weighted by Crippen LogP contribution is -2.51. The molecule has 2 unspecified atom stereocenters. The van der Waals surface area contributed by atoms with E-state index in [1.807, 2.05) is 36.4 Å². The van der Waals surface area contributed by atoms with Crippen molar-refractivity contribution < 1.29 is 14.3 Å². The Morgan fingerprint density at radius 3 is 2.19 bits per heavy atom. The van der Waals surface area contributed by atoms with Crippen LogP contribution in [0, 0.1) is 0 Å². The number of carbonyl (C=O) groups excluding carboxylic acids is 1. The number of hydrogen-bond donors (Lipinski definition) is 3. The second kappa shape index (κ2) is 10.1. The Balaban J connectivity index is 1.21. The van der Waals surface area contributed by atoms with Crippen LogP contribution >= 0.6 is 0 Å². The number of amides is 1. The molecule has 4 rings (SSSR count). The summed E-state index contributed by atoms with van der Waals surface area (Å²) in [5.74, 6) is 1.77. The van der Waals surface area contributed by atoms with Crippen molar-refractivity contribution in [3.8, 4) is 11.5 Å². The van der Waals surface area contributed by atoms with Gasteiger partial charge in [-0.05, 0) is 54.7 Å². The molecular weight excluding hydrogens is 392 g/mol. The van der Waals surface area contributed by atoms with Crippen LogP contribution in [0.2, 0.25) is 0 Å². The number of likely N-dealkylation sites (tertiary alicyclic amines) is 1. The number of carbonyl (C=O) groups is 1. The van der Waals surface area contributed by atoms with E-state index in [2.05, 4.69) is 33.2 Å². The summed E-state index contributed by atoms with van der Waals surface area (Å²) in [6.45, 7) is 1.95. The second-order valence-corrected chi connectivity index (χ2v) is 8.27. The predicted molar refractivity (Wildman–Crippen MR) is 120 cm³/mol. The molecule has 2 aliphatic rings. The van der Waals surface area contributed by atoms with Gasteiger partial charge in [-0.25, -0.2) is 10.9 Å². The molecule has 2 aromatic rings. The van der Waals surface area contributed by atoms with Gasteiger partial charge in [-0.3, -0.25) is 9.69 Å². The van der Waals surface area contributed by atoms with Gasteiger partial charge in [-0.1, -0.05) is 24.3 Å². The number of hydrazine groups is 1. The standard InChI is InChI=1S/C24H32N4O3/c1-30-20-7-3-17(4-8-20)15-24(29)25-19-11-13-28(14-12-19)23-16-22(26-27-23)18-5-9-21(31-2)10-6-18/h3-10,19,22-23,26-27H,11-16H2,1-2H3,(H,25,29). The van der Waals surface area contributed by atoms with Crippen molar-refractivity contribution in [1.29, 1.82) is 0 Å². The van der Waals surface area contributed by atoms with E-state index in [4.69, 9.17) is 9.47 Å². The highest BCUT2D eigenvalue weighted by atomic mass is 16.5. The van der Waals surface area contributed by atoms with Crippen LogP contribution in [0.25, 0.3) is 0 Å². The van der Waals surface area contributed by atoms with Gasteiger partial charge in [0, 0.05) is 25.2 Å². The maximum Gasteiger partial charge on any atom is 0.224 e. The topological polar surface area (TPSA) is 74.9 Å². The fourth-order valence-corrected chi connectivity index (χ4v) is 4.40. The van der Waals surface area contributed by atoms with Crippen LogP contribution in [0.15, 0.2) is 48.5 Å². The molecule has 0 radical (unpaired) electrons. The van der Waals surface area contributed by atoms with E-state index in [1.54, 1.807) is 14.2 Å². The third-order valence-corrected chi connectivity index (χ3v) is 6.26. The van der Waals surface area contributed by atoms with Gasteiger partial charge in [0.05, 0.1) is 26.8 Å². The summed E-state index contributed by atoms with van der Waals surface area (Å²) < 4.78 is 10.4. The van der Waals surface area contributed by atoms with Gasteiger partial charge in [-0.2, -0.15) is 0 Å². The quantitative estimate of drug-likeness (QED) is 0.634. The highest BCUT2D eigenvalue weighted by Gasteiger charge is 2.32. The molecule has 0 saturated carbocycles. The van der Waals surface area contributed by atoms with Crippen LogP contribution in [0.4, 0.5) is 0 Å². The Morgan fingerprint density at radius 2 is 1.58 bits per heavy atom. The number of nitrogens with zero attached hydrogens (tertiary/aromatic N) is 1. The summed E-state index contributed by atoms with van der Waals surface area (Å²) in [5, 5.41) is 3.21. The van der Waals surface area contributed by atoms with E-state index in [-0.39, 0.29) is 18.0 Å². The zero-order valence-corrected chi connectivity index (χ0v) is 18.3. The first-order chi connectivity index (χ1) is 15.1. The number of nitrogens with one attached hydrogen (secondary N) is 3.